The lowest BCUT2D eigenvalue weighted by molar-refractivity contribution is 0.0942. The number of amides is 1. The molecule has 1 N–H and O–H groups in total. The highest BCUT2D eigenvalue weighted by molar-refractivity contribution is 6.31. The summed E-state index contributed by atoms with van der Waals surface area (Å²) in [6.07, 6.45) is 3.80. The second-order valence-corrected chi connectivity index (χ2v) is 4.87. The summed E-state index contributed by atoms with van der Waals surface area (Å²) in [6.45, 7) is 2.37. The fraction of sp³-hybridized carbons (Fsp3) is 0.583. The first-order chi connectivity index (χ1) is 8.16. The van der Waals surface area contributed by atoms with Crippen molar-refractivity contribution in [3.05, 3.63) is 23.0 Å². The van der Waals surface area contributed by atoms with Crippen LogP contribution >= 0.6 is 11.6 Å². The van der Waals surface area contributed by atoms with E-state index in [0.29, 0.717) is 23.2 Å². The van der Waals surface area contributed by atoms with Crippen molar-refractivity contribution in [1.29, 1.82) is 0 Å². The van der Waals surface area contributed by atoms with E-state index >= 15 is 0 Å². The van der Waals surface area contributed by atoms with Crippen LogP contribution in [-0.2, 0) is 11.8 Å². The summed E-state index contributed by atoms with van der Waals surface area (Å²) in [5, 5.41) is 3.49. The third-order valence-electron chi connectivity index (χ3n) is 3.07. The molecule has 1 fully saturated rings. The van der Waals surface area contributed by atoms with Crippen LogP contribution in [0.2, 0.25) is 5.02 Å². The van der Waals surface area contributed by atoms with E-state index in [-0.39, 0.29) is 5.91 Å². The second kappa shape index (κ2) is 5.56. The molecular weight excluding hydrogens is 240 g/mol. The Bertz CT molecular complexity index is 397. The maximum absolute atomic E-state index is 11.8. The van der Waals surface area contributed by atoms with Crippen molar-refractivity contribution in [1.82, 2.24) is 9.88 Å². The van der Waals surface area contributed by atoms with E-state index in [9.17, 15) is 4.79 Å². The summed E-state index contributed by atoms with van der Waals surface area (Å²) >= 11 is 5.83. The Balaban J connectivity index is 1.78. The first-order valence-corrected chi connectivity index (χ1v) is 6.22. The molecule has 1 saturated heterocycles. The highest BCUT2D eigenvalue weighted by Crippen LogP contribution is 2.16. The van der Waals surface area contributed by atoms with Crippen molar-refractivity contribution in [2.24, 2.45) is 13.0 Å². The maximum atomic E-state index is 11.8. The number of nitrogens with one attached hydrogen (secondary N) is 1. The quantitative estimate of drug-likeness (QED) is 0.893. The van der Waals surface area contributed by atoms with E-state index in [2.05, 4.69) is 5.32 Å². The SMILES string of the molecule is Cn1cc(Cl)cc1C(=O)NCC[C@@H]1CCOC1. The zero-order valence-electron chi connectivity index (χ0n) is 9.91. The Hall–Kier alpha value is -1.00. The molecule has 2 rings (SSSR count). The van der Waals surface area contributed by atoms with Crippen molar-refractivity contribution in [2.45, 2.75) is 12.8 Å². The van der Waals surface area contributed by atoms with E-state index < -0.39 is 0 Å². The van der Waals surface area contributed by atoms with Gasteiger partial charge in [-0.15, -0.1) is 0 Å². The zero-order chi connectivity index (χ0) is 12.3. The topological polar surface area (TPSA) is 43.3 Å². The highest BCUT2D eigenvalue weighted by atomic mass is 35.5. The van der Waals surface area contributed by atoms with Gasteiger partial charge in [-0.25, -0.2) is 0 Å². The molecule has 0 spiro atoms. The number of hydrogen-bond donors (Lipinski definition) is 1. The minimum atomic E-state index is -0.0710. The molecule has 5 heteroatoms. The van der Waals surface area contributed by atoms with Gasteiger partial charge in [-0.3, -0.25) is 4.79 Å². The van der Waals surface area contributed by atoms with E-state index in [0.717, 1.165) is 26.1 Å². The fourth-order valence-electron chi connectivity index (χ4n) is 2.04. The molecule has 0 aliphatic carbocycles. The van der Waals surface area contributed by atoms with Gasteiger partial charge in [0.2, 0.25) is 0 Å². The van der Waals surface area contributed by atoms with Gasteiger partial charge >= 0.3 is 0 Å². The van der Waals surface area contributed by atoms with Crippen LogP contribution < -0.4 is 5.32 Å². The lowest BCUT2D eigenvalue weighted by atomic mass is 10.1. The minimum Gasteiger partial charge on any atom is -0.381 e. The van der Waals surface area contributed by atoms with Gasteiger partial charge in [-0.2, -0.15) is 0 Å². The van der Waals surface area contributed by atoms with E-state index in [1.807, 2.05) is 7.05 Å². The number of rotatable bonds is 4. The maximum Gasteiger partial charge on any atom is 0.267 e. The van der Waals surface area contributed by atoms with Crippen LogP contribution in [0.5, 0.6) is 0 Å². The predicted molar refractivity (Wildman–Crippen MR) is 66.3 cm³/mol. The highest BCUT2D eigenvalue weighted by Gasteiger charge is 2.16. The van der Waals surface area contributed by atoms with Crippen LogP contribution in [0.4, 0.5) is 0 Å². The van der Waals surface area contributed by atoms with Gasteiger partial charge < -0.3 is 14.6 Å². The van der Waals surface area contributed by atoms with Crippen molar-refractivity contribution < 1.29 is 9.53 Å². The Morgan fingerprint density at radius 3 is 3.12 bits per heavy atom. The number of aryl methyl sites for hydroxylation is 1. The molecule has 1 aliphatic rings. The number of carbonyl (C=O) groups is 1. The third kappa shape index (κ3) is 3.23. The van der Waals surface area contributed by atoms with Crippen LogP contribution in [-0.4, -0.2) is 30.2 Å². The average Bonchev–Trinajstić information content (AvgIpc) is 2.88. The predicted octanol–water partition coefficient (Wildman–Crippen LogP) is 1.83. The molecule has 0 bridgehead atoms. The van der Waals surface area contributed by atoms with Crippen molar-refractivity contribution in [3.8, 4) is 0 Å². The Labute approximate surface area is 106 Å². The lowest BCUT2D eigenvalue weighted by Gasteiger charge is -2.09. The Kier molecular flexibility index (Phi) is 4.07. The van der Waals surface area contributed by atoms with Crippen LogP contribution in [0.1, 0.15) is 23.3 Å². The number of halogens is 1. The van der Waals surface area contributed by atoms with Crippen LogP contribution in [0.25, 0.3) is 0 Å². The fourth-order valence-corrected chi connectivity index (χ4v) is 2.29. The molecule has 4 nitrogen and oxygen atoms in total. The Morgan fingerprint density at radius 1 is 1.71 bits per heavy atom. The van der Waals surface area contributed by atoms with Crippen molar-refractivity contribution in [3.63, 3.8) is 0 Å². The van der Waals surface area contributed by atoms with Crippen molar-refractivity contribution >= 4 is 17.5 Å². The summed E-state index contributed by atoms with van der Waals surface area (Å²) in [5.41, 5.74) is 0.595. The number of nitrogens with zero attached hydrogens (tertiary/aromatic N) is 1. The molecule has 2 heterocycles. The smallest absolute Gasteiger partial charge is 0.267 e. The van der Waals surface area contributed by atoms with Gasteiger partial charge in [0.15, 0.2) is 0 Å². The standard InChI is InChI=1S/C12H17ClN2O2/c1-15-7-10(13)6-11(15)12(16)14-4-2-9-3-5-17-8-9/h6-7,9H,2-5,8H2,1H3,(H,14,16)/t9-/m1/s1. The lowest BCUT2D eigenvalue weighted by Crippen LogP contribution is -2.27. The molecule has 1 aromatic heterocycles. The first-order valence-electron chi connectivity index (χ1n) is 5.84. The first kappa shape index (κ1) is 12.5. The Morgan fingerprint density at radius 2 is 2.53 bits per heavy atom. The van der Waals surface area contributed by atoms with Crippen LogP contribution in [0.3, 0.4) is 0 Å². The minimum absolute atomic E-state index is 0.0710. The van der Waals surface area contributed by atoms with E-state index in [1.165, 1.54) is 0 Å². The van der Waals surface area contributed by atoms with Crippen LogP contribution in [0.15, 0.2) is 12.3 Å². The van der Waals surface area contributed by atoms with Crippen molar-refractivity contribution in [2.75, 3.05) is 19.8 Å². The molecule has 1 atom stereocenters. The van der Waals surface area contributed by atoms with Gasteiger partial charge in [-0.05, 0) is 24.8 Å². The summed E-state index contributed by atoms with van der Waals surface area (Å²) in [5.74, 6) is 0.519. The second-order valence-electron chi connectivity index (χ2n) is 4.43. The monoisotopic (exact) mass is 256 g/mol. The molecule has 94 valence electrons. The molecule has 0 unspecified atom stereocenters. The average molecular weight is 257 g/mol. The van der Waals surface area contributed by atoms with E-state index in [1.54, 1.807) is 16.8 Å². The summed E-state index contributed by atoms with van der Waals surface area (Å²) in [4.78, 5) is 11.8. The van der Waals surface area contributed by atoms with Gasteiger partial charge in [0, 0.05) is 33.0 Å². The molecule has 1 amide bonds. The molecule has 1 aromatic rings. The van der Waals surface area contributed by atoms with Gasteiger partial charge in [0.1, 0.15) is 5.69 Å². The van der Waals surface area contributed by atoms with Gasteiger partial charge in [-0.1, -0.05) is 11.6 Å². The molecule has 0 saturated carbocycles. The number of carbonyl (C=O) groups excluding carboxylic acids is 1. The summed E-state index contributed by atoms with van der Waals surface area (Å²) in [7, 11) is 1.81. The van der Waals surface area contributed by atoms with Gasteiger partial charge in [0.25, 0.3) is 5.91 Å². The number of aromatic nitrogens is 1. The number of hydrogen-bond acceptors (Lipinski definition) is 2. The number of ether oxygens (including phenoxy) is 1. The zero-order valence-corrected chi connectivity index (χ0v) is 10.7. The molecule has 0 aromatic carbocycles. The summed E-state index contributed by atoms with van der Waals surface area (Å²) < 4.78 is 7.02. The molecule has 0 radical (unpaired) electrons. The molecule has 17 heavy (non-hydrogen) atoms. The summed E-state index contributed by atoms with van der Waals surface area (Å²) in [6, 6.07) is 1.68. The normalized spacial score (nSPS) is 19.5. The van der Waals surface area contributed by atoms with Crippen LogP contribution in [0, 0.1) is 5.92 Å². The molecule has 1 aliphatic heterocycles. The molecular formula is C12H17ClN2O2. The van der Waals surface area contributed by atoms with E-state index in [4.69, 9.17) is 16.3 Å². The largest absolute Gasteiger partial charge is 0.381 e. The third-order valence-corrected chi connectivity index (χ3v) is 3.27. The van der Waals surface area contributed by atoms with Gasteiger partial charge in [0.05, 0.1) is 5.02 Å².